The Morgan fingerprint density at radius 1 is 1.19 bits per heavy atom. The molecular formula is C18H18ClNO. The Balaban J connectivity index is 1.69. The topological polar surface area (TPSA) is 29.1 Å². The fourth-order valence-electron chi connectivity index (χ4n) is 2.83. The first-order chi connectivity index (χ1) is 10.1. The molecule has 0 saturated heterocycles. The normalized spacial score (nSPS) is 20.1. The molecule has 0 spiro atoms. The van der Waals surface area contributed by atoms with Gasteiger partial charge in [0.1, 0.15) is 0 Å². The van der Waals surface area contributed by atoms with Gasteiger partial charge in [0.25, 0.3) is 0 Å². The van der Waals surface area contributed by atoms with Crippen LogP contribution < -0.4 is 5.32 Å². The third-order valence-corrected chi connectivity index (χ3v) is 4.37. The van der Waals surface area contributed by atoms with E-state index in [-0.39, 0.29) is 17.3 Å². The van der Waals surface area contributed by atoms with Crippen LogP contribution >= 0.6 is 11.6 Å². The fraction of sp³-hybridized carbons (Fsp3) is 0.278. The van der Waals surface area contributed by atoms with Crippen LogP contribution in [0.15, 0.2) is 48.5 Å². The zero-order valence-electron chi connectivity index (χ0n) is 12.0. The summed E-state index contributed by atoms with van der Waals surface area (Å²) in [5.41, 5.74) is 4.60. The molecule has 1 aliphatic rings. The predicted octanol–water partition coefficient (Wildman–Crippen LogP) is 3.56. The van der Waals surface area contributed by atoms with E-state index < -0.39 is 0 Å². The Morgan fingerprint density at radius 3 is 2.67 bits per heavy atom. The van der Waals surface area contributed by atoms with Crippen LogP contribution in [0.2, 0.25) is 0 Å². The lowest BCUT2D eigenvalue weighted by atomic mass is 10.1. The summed E-state index contributed by atoms with van der Waals surface area (Å²) in [4.78, 5) is 12.2. The van der Waals surface area contributed by atoms with E-state index in [0.717, 1.165) is 17.5 Å². The zero-order chi connectivity index (χ0) is 14.8. The second-order valence-corrected chi connectivity index (χ2v) is 6.19. The third-order valence-electron chi connectivity index (χ3n) is 3.97. The van der Waals surface area contributed by atoms with Gasteiger partial charge < -0.3 is 5.32 Å². The number of carbonyl (C=O) groups excluding carboxylic acids is 1. The summed E-state index contributed by atoms with van der Waals surface area (Å²) in [6, 6.07) is 16.1. The standard InChI is InChI=1S/C18H18ClNO/c1-12-6-8-13(9-7-12)10-17(21)20-18-15-5-3-2-4-14(15)11-16(18)19/h2-9,16,18H,10-11H2,1H3,(H,20,21). The number of fused-ring (bicyclic) bond motifs is 1. The fourth-order valence-corrected chi connectivity index (χ4v) is 3.20. The second kappa shape index (κ2) is 5.90. The van der Waals surface area contributed by atoms with Crippen LogP contribution in [0, 0.1) is 6.92 Å². The van der Waals surface area contributed by atoms with Crippen molar-refractivity contribution in [3.63, 3.8) is 0 Å². The SMILES string of the molecule is Cc1ccc(CC(=O)NC2c3ccccc3CC2Cl)cc1. The molecule has 1 amide bonds. The van der Waals surface area contributed by atoms with Crippen molar-refractivity contribution in [2.75, 3.05) is 0 Å². The maximum Gasteiger partial charge on any atom is 0.224 e. The Kier molecular flexibility index (Phi) is 3.98. The molecule has 0 radical (unpaired) electrons. The van der Waals surface area contributed by atoms with Crippen LogP contribution in [0.25, 0.3) is 0 Å². The molecule has 2 aromatic rings. The van der Waals surface area contributed by atoms with Crippen molar-refractivity contribution in [1.82, 2.24) is 5.32 Å². The van der Waals surface area contributed by atoms with Gasteiger partial charge in [0.2, 0.25) is 5.91 Å². The zero-order valence-corrected chi connectivity index (χ0v) is 12.7. The minimum absolute atomic E-state index is 0.0196. The van der Waals surface area contributed by atoms with Crippen LogP contribution in [0.5, 0.6) is 0 Å². The minimum Gasteiger partial charge on any atom is -0.347 e. The molecule has 3 rings (SSSR count). The molecule has 0 aliphatic heterocycles. The third kappa shape index (κ3) is 3.11. The first-order valence-corrected chi connectivity index (χ1v) is 7.64. The van der Waals surface area contributed by atoms with Crippen LogP contribution in [0.1, 0.15) is 28.3 Å². The molecule has 2 aromatic carbocycles. The van der Waals surface area contributed by atoms with Crippen molar-refractivity contribution in [3.8, 4) is 0 Å². The molecular weight excluding hydrogens is 282 g/mol. The molecule has 0 bridgehead atoms. The molecule has 3 heteroatoms. The number of hydrogen-bond donors (Lipinski definition) is 1. The van der Waals surface area contributed by atoms with Gasteiger partial charge in [0, 0.05) is 0 Å². The van der Waals surface area contributed by atoms with Crippen LogP contribution in [-0.4, -0.2) is 11.3 Å². The van der Waals surface area contributed by atoms with Gasteiger partial charge in [0.05, 0.1) is 17.8 Å². The van der Waals surface area contributed by atoms with Crippen molar-refractivity contribution in [2.24, 2.45) is 0 Å². The maximum absolute atomic E-state index is 12.2. The Morgan fingerprint density at radius 2 is 1.90 bits per heavy atom. The van der Waals surface area contributed by atoms with Crippen molar-refractivity contribution in [1.29, 1.82) is 0 Å². The van der Waals surface area contributed by atoms with Crippen molar-refractivity contribution in [3.05, 3.63) is 70.8 Å². The van der Waals surface area contributed by atoms with Gasteiger partial charge in [0.15, 0.2) is 0 Å². The average Bonchev–Trinajstić information content (AvgIpc) is 2.78. The van der Waals surface area contributed by atoms with E-state index >= 15 is 0 Å². The summed E-state index contributed by atoms with van der Waals surface area (Å²) >= 11 is 6.40. The Bertz CT molecular complexity index is 651. The molecule has 2 nitrogen and oxygen atoms in total. The van der Waals surface area contributed by atoms with E-state index in [1.807, 2.05) is 43.3 Å². The number of amides is 1. The lowest BCUT2D eigenvalue weighted by Crippen LogP contribution is -2.32. The molecule has 0 heterocycles. The number of halogens is 1. The molecule has 108 valence electrons. The van der Waals surface area contributed by atoms with E-state index in [0.29, 0.717) is 6.42 Å². The van der Waals surface area contributed by atoms with Gasteiger partial charge in [-0.1, -0.05) is 54.1 Å². The monoisotopic (exact) mass is 299 g/mol. The highest BCUT2D eigenvalue weighted by Crippen LogP contribution is 2.34. The lowest BCUT2D eigenvalue weighted by molar-refractivity contribution is -0.121. The summed E-state index contributed by atoms with van der Waals surface area (Å²) < 4.78 is 0. The number of alkyl halides is 1. The van der Waals surface area contributed by atoms with Gasteiger partial charge >= 0.3 is 0 Å². The summed E-state index contributed by atoms with van der Waals surface area (Å²) in [6.07, 6.45) is 1.20. The van der Waals surface area contributed by atoms with E-state index in [2.05, 4.69) is 17.4 Å². The van der Waals surface area contributed by atoms with Crippen molar-refractivity contribution < 1.29 is 4.79 Å². The van der Waals surface area contributed by atoms with Crippen LogP contribution in [0.4, 0.5) is 0 Å². The number of benzene rings is 2. The van der Waals surface area contributed by atoms with Gasteiger partial charge in [-0.2, -0.15) is 0 Å². The number of hydrogen-bond acceptors (Lipinski definition) is 1. The van der Waals surface area contributed by atoms with Gasteiger partial charge in [-0.15, -0.1) is 11.6 Å². The number of aryl methyl sites for hydroxylation is 1. The van der Waals surface area contributed by atoms with Crippen LogP contribution in [-0.2, 0) is 17.6 Å². The molecule has 0 saturated carbocycles. The van der Waals surface area contributed by atoms with E-state index in [4.69, 9.17) is 11.6 Å². The van der Waals surface area contributed by atoms with E-state index in [1.54, 1.807) is 0 Å². The summed E-state index contributed by atoms with van der Waals surface area (Å²) in [7, 11) is 0. The second-order valence-electron chi connectivity index (χ2n) is 5.63. The Labute approximate surface area is 130 Å². The molecule has 1 aliphatic carbocycles. The van der Waals surface area contributed by atoms with E-state index in [1.165, 1.54) is 11.1 Å². The molecule has 2 atom stereocenters. The van der Waals surface area contributed by atoms with Gasteiger partial charge in [-0.05, 0) is 30.0 Å². The molecule has 2 unspecified atom stereocenters. The van der Waals surface area contributed by atoms with Crippen molar-refractivity contribution >= 4 is 17.5 Å². The first-order valence-electron chi connectivity index (χ1n) is 7.20. The quantitative estimate of drug-likeness (QED) is 0.863. The summed E-state index contributed by atoms with van der Waals surface area (Å²) in [6.45, 7) is 2.04. The summed E-state index contributed by atoms with van der Waals surface area (Å²) in [5.74, 6) is 0.0196. The predicted molar refractivity (Wildman–Crippen MR) is 85.6 cm³/mol. The minimum atomic E-state index is -0.0826. The highest BCUT2D eigenvalue weighted by Gasteiger charge is 2.31. The van der Waals surface area contributed by atoms with Gasteiger partial charge in [-0.25, -0.2) is 0 Å². The number of nitrogens with one attached hydrogen (secondary N) is 1. The lowest BCUT2D eigenvalue weighted by Gasteiger charge is -2.17. The molecule has 0 fully saturated rings. The number of carbonyl (C=O) groups is 1. The smallest absolute Gasteiger partial charge is 0.224 e. The number of rotatable bonds is 3. The highest BCUT2D eigenvalue weighted by molar-refractivity contribution is 6.21. The largest absolute Gasteiger partial charge is 0.347 e. The van der Waals surface area contributed by atoms with Crippen LogP contribution in [0.3, 0.4) is 0 Å². The maximum atomic E-state index is 12.2. The Hall–Kier alpha value is -1.80. The first kappa shape index (κ1) is 14.2. The molecule has 1 N–H and O–H groups in total. The highest BCUT2D eigenvalue weighted by atomic mass is 35.5. The summed E-state index contributed by atoms with van der Waals surface area (Å²) in [5, 5.41) is 3.01. The molecule has 21 heavy (non-hydrogen) atoms. The average molecular weight is 300 g/mol. The molecule has 0 aromatic heterocycles. The van der Waals surface area contributed by atoms with Gasteiger partial charge in [-0.3, -0.25) is 4.79 Å². The van der Waals surface area contributed by atoms with Crippen molar-refractivity contribution in [2.45, 2.75) is 31.2 Å². The van der Waals surface area contributed by atoms with E-state index in [9.17, 15) is 4.79 Å².